The van der Waals surface area contributed by atoms with Crippen LogP contribution < -0.4 is 4.74 Å². The molecule has 1 N–H and O–H groups in total. The molecule has 1 unspecified atom stereocenters. The molecular weight excluding hydrogens is 312 g/mol. The van der Waals surface area contributed by atoms with Crippen molar-refractivity contribution in [1.82, 2.24) is 0 Å². The van der Waals surface area contributed by atoms with Crippen LogP contribution in [-0.2, 0) is 0 Å². The molecule has 0 aliphatic rings. The molecule has 18 heavy (non-hydrogen) atoms. The van der Waals surface area contributed by atoms with E-state index in [0.29, 0.717) is 0 Å². The van der Waals surface area contributed by atoms with E-state index in [1.54, 1.807) is 0 Å². The van der Waals surface area contributed by atoms with E-state index in [1.165, 1.54) is 11.3 Å². The van der Waals surface area contributed by atoms with Gasteiger partial charge in [0.2, 0.25) is 0 Å². The Morgan fingerprint density at radius 2 is 1.83 bits per heavy atom. The zero-order valence-corrected chi connectivity index (χ0v) is 12.7. The molecule has 0 radical (unpaired) electrons. The molecule has 1 aromatic heterocycles. The predicted molar refractivity (Wildman–Crippen MR) is 78.3 cm³/mol. The van der Waals surface area contributed by atoms with Crippen molar-refractivity contribution in [3.8, 4) is 5.75 Å². The Hall–Kier alpha value is -0.840. The molecule has 0 aliphatic carbocycles. The van der Waals surface area contributed by atoms with E-state index < -0.39 is 6.10 Å². The molecule has 2 rings (SSSR count). The monoisotopic (exact) mass is 326 g/mol. The molecule has 0 bridgehead atoms. The highest BCUT2D eigenvalue weighted by molar-refractivity contribution is 9.10. The second-order valence-electron chi connectivity index (χ2n) is 4.27. The Labute approximate surface area is 119 Å². The normalized spacial score (nSPS) is 12.7. The van der Waals surface area contributed by atoms with Crippen molar-refractivity contribution in [2.45, 2.75) is 26.1 Å². The summed E-state index contributed by atoms with van der Waals surface area (Å²) >= 11 is 4.98. The molecule has 96 valence electrons. The van der Waals surface area contributed by atoms with Crippen LogP contribution in [0.3, 0.4) is 0 Å². The largest absolute Gasteiger partial charge is 0.491 e. The molecule has 1 heterocycles. The molecule has 0 spiro atoms. The number of rotatable bonds is 4. The summed E-state index contributed by atoms with van der Waals surface area (Å²) in [7, 11) is 0. The van der Waals surface area contributed by atoms with E-state index in [9.17, 15) is 5.11 Å². The molecule has 0 saturated carbocycles. The van der Waals surface area contributed by atoms with Crippen molar-refractivity contribution in [3.63, 3.8) is 0 Å². The number of aliphatic hydroxyl groups excluding tert-OH is 1. The lowest BCUT2D eigenvalue weighted by molar-refractivity contribution is 0.222. The Bertz CT molecular complexity index is 505. The Morgan fingerprint density at radius 1 is 1.17 bits per heavy atom. The van der Waals surface area contributed by atoms with Crippen molar-refractivity contribution >= 4 is 27.3 Å². The van der Waals surface area contributed by atoms with Gasteiger partial charge in [-0.1, -0.05) is 12.1 Å². The highest BCUT2D eigenvalue weighted by Crippen LogP contribution is 2.33. The van der Waals surface area contributed by atoms with Gasteiger partial charge in [0.15, 0.2) is 0 Å². The van der Waals surface area contributed by atoms with Crippen LogP contribution in [0.4, 0.5) is 0 Å². The fourth-order valence-electron chi connectivity index (χ4n) is 1.65. The van der Waals surface area contributed by atoms with Crippen molar-refractivity contribution in [2.24, 2.45) is 0 Å². The van der Waals surface area contributed by atoms with E-state index in [-0.39, 0.29) is 6.10 Å². The first-order valence-corrected chi connectivity index (χ1v) is 7.42. The van der Waals surface area contributed by atoms with E-state index in [0.717, 1.165) is 20.7 Å². The lowest BCUT2D eigenvalue weighted by Gasteiger charge is -2.13. The van der Waals surface area contributed by atoms with E-state index >= 15 is 0 Å². The van der Waals surface area contributed by atoms with Crippen molar-refractivity contribution in [2.75, 3.05) is 0 Å². The number of halogens is 1. The predicted octanol–water partition coefficient (Wildman–Crippen LogP) is 4.38. The highest BCUT2D eigenvalue weighted by atomic mass is 79.9. The van der Waals surface area contributed by atoms with Gasteiger partial charge in [0.05, 0.1) is 11.0 Å². The van der Waals surface area contributed by atoms with Crippen molar-refractivity contribution in [1.29, 1.82) is 0 Å². The molecule has 1 atom stereocenters. The third-order valence-electron chi connectivity index (χ3n) is 2.46. The van der Waals surface area contributed by atoms with Gasteiger partial charge in [-0.2, -0.15) is 0 Å². The first kappa shape index (κ1) is 13.6. The highest BCUT2D eigenvalue weighted by Gasteiger charge is 2.15. The maximum atomic E-state index is 10.3. The van der Waals surface area contributed by atoms with Gasteiger partial charge in [-0.3, -0.25) is 0 Å². The Balaban J connectivity index is 2.17. The number of aliphatic hydroxyl groups is 1. The first-order valence-electron chi connectivity index (χ1n) is 5.75. The molecular formula is C14H15BrO2S. The van der Waals surface area contributed by atoms with Gasteiger partial charge in [-0.05, 0) is 58.9 Å². The number of ether oxygens (including phenoxy) is 1. The molecule has 0 saturated heterocycles. The quantitative estimate of drug-likeness (QED) is 0.903. The molecule has 0 aliphatic heterocycles. The standard InChI is InChI=1S/C14H15BrO2S/c1-9(2)17-11-5-3-10(4-6-11)13(16)14-12(15)7-8-18-14/h3-9,13,16H,1-2H3. The molecule has 2 nitrogen and oxygen atoms in total. The topological polar surface area (TPSA) is 29.5 Å². The van der Waals surface area contributed by atoms with Gasteiger partial charge >= 0.3 is 0 Å². The number of benzene rings is 1. The third-order valence-corrected chi connectivity index (χ3v) is 4.38. The van der Waals surface area contributed by atoms with Gasteiger partial charge in [0.25, 0.3) is 0 Å². The summed E-state index contributed by atoms with van der Waals surface area (Å²) in [6.07, 6.45) is -0.431. The zero-order valence-electron chi connectivity index (χ0n) is 10.3. The molecule has 2 aromatic rings. The Kier molecular flexibility index (Phi) is 4.43. The molecule has 1 aromatic carbocycles. The van der Waals surface area contributed by atoms with Gasteiger partial charge in [-0.15, -0.1) is 11.3 Å². The van der Waals surface area contributed by atoms with Crippen molar-refractivity contribution in [3.05, 3.63) is 50.6 Å². The molecule has 0 amide bonds. The second kappa shape index (κ2) is 5.87. The Morgan fingerprint density at radius 3 is 2.33 bits per heavy atom. The summed E-state index contributed by atoms with van der Waals surface area (Å²) < 4.78 is 6.52. The third kappa shape index (κ3) is 3.13. The van der Waals surface area contributed by atoms with Crippen LogP contribution in [0.15, 0.2) is 40.2 Å². The molecule has 0 fully saturated rings. The molecule has 4 heteroatoms. The lowest BCUT2D eigenvalue weighted by Crippen LogP contribution is -2.05. The van der Waals surface area contributed by atoms with E-state index in [2.05, 4.69) is 15.9 Å². The summed E-state index contributed by atoms with van der Waals surface area (Å²) in [5.74, 6) is 0.825. The maximum Gasteiger partial charge on any atom is 0.119 e. The average molecular weight is 327 g/mol. The van der Waals surface area contributed by atoms with Crippen LogP contribution in [0, 0.1) is 0 Å². The van der Waals surface area contributed by atoms with Gasteiger partial charge in [0, 0.05) is 4.47 Å². The zero-order chi connectivity index (χ0) is 13.1. The lowest BCUT2D eigenvalue weighted by atomic mass is 10.1. The maximum absolute atomic E-state index is 10.3. The summed E-state index contributed by atoms with van der Waals surface area (Å²) in [5, 5.41) is 12.2. The minimum absolute atomic E-state index is 0.159. The van der Waals surface area contributed by atoms with Crippen LogP contribution in [0.25, 0.3) is 0 Å². The average Bonchev–Trinajstić information content (AvgIpc) is 2.75. The van der Waals surface area contributed by atoms with Crippen LogP contribution in [-0.4, -0.2) is 11.2 Å². The van der Waals surface area contributed by atoms with Crippen LogP contribution in [0.1, 0.15) is 30.4 Å². The van der Waals surface area contributed by atoms with Gasteiger partial charge in [-0.25, -0.2) is 0 Å². The van der Waals surface area contributed by atoms with E-state index in [4.69, 9.17) is 4.74 Å². The van der Waals surface area contributed by atoms with E-state index in [1.807, 2.05) is 49.6 Å². The second-order valence-corrected chi connectivity index (χ2v) is 6.07. The number of hydrogen-bond acceptors (Lipinski definition) is 3. The first-order chi connectivity index (χ1) is 8.58. The minimum Gasteiger partial charge on any atom is -0.491 e. The van der Waals surface area contributed by atoms with Crippen LogP contribution >= 0.6 is 27.3 Å². The van der Waals surface area contributed by atoms with Crippen LogP contribution in [0.5, 0.6) is 5.75 Å². The van der Waals surface area contributed by atoms with Gasteiger partial charge in [0.1, 0.15) is 11.9 Å². The van der Waals surface area contributed by atoms with Crippen molar-refractivity contribution < 1.29 is 9.84 Å². The summed E-state index contributed by atoms with van der Waals surface area (Å²) in [6, 6.07) is 9.52. The summed E-state index contributed by atoms with van der Waals surface area (Å²) in [4.78, 5) is 0.924. The van der Waals surface area contributed by atoms with Crippen LogP contribution in [0.2, 0.25) is 0 Å². The smallest absolute Gasteiger partial charge is 0.119 e. The minimum atomic E-state index is -0.590. The SMILES string of the molecule is CC(C)Oc1ccc(C(O)c2sccc2Br)cc1. The fraction of sp³-hybridized carbons (Fsp3) is 0.286. The number of thiophene rings is 1. The summed E-state index contributed by atoms with van der Waals surface area (Å²) in [5.41, 5.74) is 0.870. The summed E-state index contributed by atoms with van der Waals surface area (Å²) in [6.45, 7) is 3.98. The number of hydrogen-bond donors (Lipinski definition) is 1. The fourth-order valence-corrected chi connectivity index (χ4v) is 3.25. The van der Waals surface area contributed by atoms with Gasteiger partial charge < -0.3 is 9.84 Å².